The van der Waals surface area contributed by atoms with E-state index < -0.39 is 5.66 Å². The summed E-state index contributed by atoms with van der Waals surface area (Å²) in [6.07, 6.45) is 1.05. The van der Waals surface area contributed by atoms with Crippen molar-refractivity contribution in [3.63, 3.8) is 0 Å². The van der Waals surface area contributed by atoms with Crippen LogP contribution in [-0.2, 0) is 20.8 Å². The largest absolute Gasteiger partial charge is 0.354 e. The minimum absolute atomic E-state index is 0.0556. The number of para-hydroxylation sites is 1. The van der Waals surface area contributed by atoms with E-state index in [1.165, 1.54) is 4.90 Å². The van der Waals surface area contributed by atoms with Crippen molar-refractivity contribution in [1.29, 1.82) is 0 Å². The Bertz CT molecular complexity index is 1110. The average Bonchev–Trinajstić information content (AvgIpc) is 3.07. The molecule has 1 fully saturated rings. The van der Waals surface area contributed by atoms with Gasteiger partial charge in [0.1, 0.15) is 12.2 Å². The maximum atomic E-state index is 13.3. The highest BCUT2D eigenvalue weighted by molar-refractivity contribution is 6.11. The third-order valence-corrected chi connectivity index (χ3v) is 6.10. The first-order valence-electron chi connectivity index (χ1n) is 11.1. The van der Waals surface area contributed by atoms with Gasteiger partial charge < -0.3 is 15.5 Å². The van der Waals surface area contributed by atoms with Gasteiger partial charge in [-0.15, -0.1) is 0 Å². The number of benzene rings is 2. The van der Waals surface area contributed by atoms with Gasteiger partial charge in [0.15, 0.2) is 0 Å². The van der Waals surface area contributed by atoms with Gasteiger partial charge in [0.05, 0.1) is 17.7 Å². The van der Waals surface area contributed by atoms with Crippen LogP contribution >= 0.6 is 0 Å². The maximum Gasteiger partial charge on any atom is 0.258 e. The van der Waals surface area contributed by atoms with Gasteiger partial charge in [0.25, 0.3) is 5.91 Å². The molecule has 2 aliphatic heterocycles. The Morgan fingerprint density at radius 1 is 1.03 bits per heavy atom. The molecule has 0 saturated carbocycles. The number of anilines is 2. The minimum atomic E-state index is -0.881. The molecule has 8 nitrogen and oxygen atoms in total. The second kappa shape index (κ2) is 8.69. The Kier molecular flexibility index (Phi) is 5.93. The lowest BCUT2D eigenvalue weighted by Gasteiger charge is -2.48. The molecule has 33 heavy (non-hydrogen) atoms. The summed E-state index contributed by atoms with van der Waals surface area (Å²) in [5.41, 5.74) is 1.54. The molecule has 4 rings (SSSR count). The smallest absolute Gasteiger partial charge is 0.258 e. The fraction of sp³-hybridized carbons (Fsp3) is 0.360. The molecule has 172 valence electrons. The van der Waals surface area contributed by atoms with E-state index in [9.17, 15) is 19.2 Å². The first kappa shape index (κ1) is 22.5. The Morgan fingerprint density at radius 2 is 1.73 bits per heavy atom. The summed E-state index contributed by atoms with van der Waals surface area (Å²) in [6.45, 7) is 5.47. The number of carbonyl (C=O) groups excluding carboxylic acids is 4. The van der Waals surface area contributed by atoms with Crippen LogP contribution in [0.25, 0.3) is 0 Å². The highest BCUT2D eigenvalue weighted by Gasteiger charge is 2.53. The van der Waals surface area contributed by atoms with Crippen molar-refractivity contribution in [2.45, 2.75) is 51.7 Å². The second-order valence-corrected chi connectivity index (χ2v) is 9.00. The fourth-order valence-electron chi connectivity index (χ4n) is 4.55. The molecule has 2 aromatic carbocycles. The van der Waals surface area contributed by atoms with Gasteiger partial charge in [0, 0.05) is 18.2 Å². The zero-order chi connectivity index (χ0) is 23.8. The van der Waals surface area contributed by atoms with E-state index in [0.29, 0.717) is 29.8 Å². The van der Waals surface area contributed by atoms with Gasteiger partial charge in [-0.25, -0.2) is 0 Å². The van der Waals surface area contributed by atoms with E-state index in [2.05, 4.69) is 10.6 Å². The van der Waals surface area contributed by atoms with Crippen molar-refractivity contribution >= 4 is 35.0 Å². The van der Waals surface area contributed by atoms with Crippen LogP contribution in [0.15, 0.2) is 48.5 Å². The lowest BCUT2D eigenvalue weighted by atomic mass is 9.98. The molecule has 2 heterocycles. The van der Waals surface area contributed by atoms with Crippen molar-refractivity contribution < 1.29 is 19.2 Å². The molecule has 0 spiro atoms. The summed E-state index contributed by atoms with van der Waals surface area (Å²) in [6, 6.07) is 14.1. The molecular weight excluding hydrogens is 420 g/mol. The van der Waals surface area contributed by atoms with Crippen LogP contribution in [0.2, 0.25) is 0 Å². The molecule has 0 aromatic heterocycles. The topological polar surface area (TPSA) is 98.8 Å². The lowest BCUT2D eigenvalue weighted by molar-refractivity contribution is -0.121. The Balaban J connectivity index is 1.47. The molecule has 4 amide bonds. The normalized spacial score (nSPS) is 19.4. The molecule has 8 heteroatoms. The number of nitrogens with zero attached hydrogens (tertiary/aromatic N) is 2. The van der Waals surface area contributed by atoms with Crippen molar-refractivity contribution in [2.75, 3.05) is 16.8 Å². The predicted octanol–water partition coefficient (Wildman–Crippen LogP) is 2.69. The first-order valence-corrected chi connectivity index (χ1v) is 11.1. The average molecular weight is 449 g/mol. The highest BCUT2D eigenvalue weighted by atomic mass is 16.2. The van der Waals surface area contributed by atoms with Gasteiger partial charge in [0.2, 0.25) is 17.7 Å². The highest BCUT2D eigenvalue weighted by Crippen LogP contribution is 2.43. The van der Waals surface area contributed by atoms with E-state index >= 15 is 0 Å². The van der Waals surface area contributed by atoms with E-state index in [1.54, 1.807) is 53.4 Å². The van der Waals surface area contributed by atoms with Crippen LogP contribution in [0.1, 0.15) is 49.5 Å². The van der Waals surface area contributed by atoms with Gasteiger partial charge in [-0.3, -0.25) is 24.1 Å². The van der Waals surface area contributed by atoms with Crippen molar-refractivity contribution in [1.82, 2.24) is 10.2 Å². The van der Waals surface area contributed by atoms with Crippen LogP contribution < -0.4 is 15.5 Å². The van der Waals surface area contributed by atoms with Crippen molar-refractivity contribution in [3.05, 3.63) is 59.7 Å². The van der Waals surface area contributed by atoms with E-state index in [-0.39, 0.29) is 42.6 Å². The van der Waals surface area contributed by atoms with Crippen molar-refractivity contribution in [2.24, 2.45) is 0 Å². The number of amides is 4. The van der Waals surface area contributed by atoms with Crippen LogP contribution in [0, 0.1) is 0 Å². The predicted molar refractivity (Wildman–Crippen MR) is 125 cm³/mol. The molecule has 1 atom stereocenters. The molecule has 2 N–H and O–H groups in total. The summed E-state index contributed by atoms with van der Waals surface area (Å²) >= 11 is 0. The summed E-state index contributed by atoms with van der Waals surface area (Å²) in [4.78, 5) is 53.8. The third-order valence-electron chi connectivity index (χ3n) is 6.10. The molecule has 1 unspecified atom stereocenters. The Labute approximate surface area is 192 Å². The molecule has 0 radical (unpaired) electrons. The zero-order valence-corrected chi connectivity index (χ0v) is 19.1. The van der Waals surface area contributed by atoms with Crippen LogP contribution in [-0.4, -0.2) is 46.8 Å². The number of carbonyl (C=O) groups is 4. The molecule has 2 aliphatic rings. The Hall–Kier alpha value is -3.68. The summed E-state index contributed by atoms with van der Waals surface area (Å²) in [5, 5.41) is 5.66. The summed E-state index contributed by atoms with van der Waals surface area (Å²) in [7, 11) is 0. The number of hydrogen-bond acceptors (Lipinski definition) is 4. The quantitative estimate of drug-likeness (QED) is 0.710. The van der Waals surface area contributed by atoms with Crippen LogP contribution in [0.5, 0.6) is 0 Å². The molecular formula is C25H28N4O4. The third kappa shape index (κ3) is 4.33. The molecule has 0 bridgehead atoms. The maximum absolute atomic E-state index is 13.3. The number of nitrogens with one attached hydrogen (secondary N) is 2. The fourth-order valence-corrected chi connectivity index (χ4v) is 4.55. The van der Waals surface area contributed by atoms with E-state index in [4.69, 9.17) is 0 Å². The number of hydrogen-bond donors (Lipinski definition) is 2. The lowest BCUT2D eigenvalue weighted by Crippen LogP contribution is -2.63. The zero-order valence-electron chi connectivity index (χ0n) is 19.1. The number of rotatable bonds is 6. The number of fused-ring (bicyclic) bond motifs is 3. The summed E-state index contributed by atoms with van der Waals surface area (Å²) in [5.74, 6) is -0.733. The molecule has 2 aromatic rings. The standard InChI is InChI=1S/C25H28N4O4/c1-16(2)26-21(30)14-17-8-10-18(11-9-17)27-22(31)15-28-24(33)19-6-4-5-7-20(19)29-23(32)12-13-25(28,29)3/h4-11,16H,12-15H2,1-3H3,(H,26,30)(H,27,31). The van der Waals surface area contributed by atoms with Gasteiger partial charge in [-0.1, -0.05) is 24.3 Å². The van der Waals surface area contributed by atoms with Crippen LogP contribution in [0.3, 0.4) is 0 Å². The van der Waals surface area contributed by atoms with Gasteiger partial charge >= 0.3 is 0 Å². The van der Waals surface area contributed by atoms with E-state index in [0.717, 1.165) is 5.56 Å². The SMILES string of the molecule is CC(C)NC(=O)Cc1ccc(NC(=O)CN2C(=O)c3ccccc3N3C(=O)CCC23C)cc1. The van der Waals surface area contributed by atoms with Gasteiger partial charge in [-0.2, -0.15) is 0 Å². The Morgan fingerprint density at radius 3 is 2.42 bits per heavy atom. The molecule has 1 saturated heterocycles. The van der Waals surface area contributed by atoms with E-state index in [1.807, 2.05) is 20.8 Å². The monoisotopic (exact) mass is 448 g/mol. The van der Waals surface area contributed by atoms with Gasteiger partial charge in [-0.05, 0) is 57.0 Å². The summed E-state index contributed by atoms with van der Waals surface area (Å²) < 4.78 is 0. The second-order valence-electron chi connectivity index (χ2n) is 9.00. The van der Waals surface area contributed by atoms with Crippen LogP contribution in [0.4, 0.5) is 11.4 Å². The minimum Gasteiger partial charge on any atom is -0.354 e. The van der Waals surface area contributed by atoms with Crippen molar-refractivity contribution in [3.8, 4) is 0 Å². The molecule has 0 aliphatic carbocycles. The first-order chi connectivity index (χ1) is 15.7.